The lowest BCUT2D eigenvalue weighted by atomic mass is 9.59. The fraction of sp³-hybridized carbons (Fsp3) is 0.429. The summed E-state index contributed by atoms with van der Waals surface area (Å²) in [6.07, 6.45) is 0.900. The van der Waals surface area contributed by atoms with E-state index in [-0.39, 0.29) is 19.4 Å². The highest BCUT2D eigenvalue weighted by Gasteiger charge is 2.58. The Bertz CT molecular complexity index is 1860. The Morgan fingerprint density at radius 1 is 1.06 bits per heavy atom. The minimum atomic E-state index is -3.90. The van der Waals surface area contributed by atoms with Gasteiger partial charge in [0.2, 0.25) is 10.0 Å². The smallest absolute Gasteiger partial charge is 0.414 e. The Hall–Kier alpha value is -3.45. The highest BCUT2D eigenvalue weighted by molar-refractivity contribution is 7.89. The van der Waals surface area contributed by atoms with E-state index in [1.165, 1.54) is 17.0 Å². The van der Waals surface area contributed by atoms with Gasteiger partial charge in [0.05, 0.1) is 11.9 Å². The quantitative estimate of drug-likeness (QED) is 0.228. The lowest BCUT2D eigenvalue weighted by Gasteiger charge is -2.49. The summed E-state index contributed by atoms with van der Waals surface area (Å²) in [4.78, 5) is 28.5. The molecule has 0 unspecified atom stereocenters. The van der Waals surface area contributed by atoms with Gasteiger partial charge in [-0.15, -0.1) is 0 Å². The Morgan fingerprint density at radius 3 is 2.43 bits per heavy atom. The van der Waals surface area contributed by atoms with Crippen LogP contribution in [0.5, 0.6) is 5.75 Å². The molecule has 5 rings (SSSR count). The van der Waals surface area contributed by atoms with E-state index in [0.29, 0.717) is 51.1 Å². The van der Waals surface area contributed by atoms with Gasteiger partial charge < -0.3 is 14.8 Å². The minimum Gasteiger partial charge on any atom is -0.477 e. The van der Waals surface area contributed by atoms with Crippen LogP contribution in [0, 0.1) is 12.7 Å². The zero-order valence-corrected chi connectivity index (χ0v) is 29.9. The van der Waals surface area contributed by atoms with Crippen LogP contribution in [0.4, 0.5) is 19.3 Å². The van der Waals surface area contributed by atoms with Gasteiger partial charge in [-0.2, -0.15) is 0 Å². The zero-order chi connectivity index (χ0) is 35.7. The molecule has 264 valence electrons. The third kappa shape index (κ3) is 7.10. The first kappa shape index (κ1) is 36.8. The molecule has 0 aromatic heterocycles. The molecule has 2 aliphatic heterocycles. The van der Waals surface area contributed by atoms with Crippen LogP contribution in [0.3, 0.4) is 0 Å². The Labute approximate surface area is 295 Å². The summed E-state index contributed by atoms with van der Waals surface area (Å²) >= 11 is 13.1. The van der Waals surface area contributed by atoms with Gasteiger partial charge in [-0.1, -0.05) is 49.2 Å². The number of piperidine rings is 1. The average molecular weight is 739 g/mol. The third-order valence-corrected chi connectivity index (χ3v) is 10.7. The van der Waals surface area contributed by atoms with Crippen molar-refractivity contribution in [2.75, 3.05) is 37.5 Å². The highest BCUT2D eigenvalue weighted by atomic mass is 35.5. The predicted octanol–water partition coefficient (Wildman–Crippen LogP) is 7.14. The number of aryl methyl sites for hydroxylation is 1. The normalized spacial score (nSPS) is 20.6. The van der Waals surface area contributed by atoms with Crippen LogP contribution in [0.1, 0.15) is 67.3 Å². The van der Waals surface area contributed by atoms with E-state index >= 15 is 0 Å². The number of anilines is 1. The lowest BCUT2D eigenvalue weighted by molar-refractivity contribution is -0.135. The summed E-state index contributed by atoms with van der Waals surface area (Å²) in [6, 6.07) is 14.2. The van der Waals surface area contributed by atoms with Gasteiger partial charge in [-0.25, -0.2) is 26.7 Å². The molecule has 0 bridgehead atoms. The first-order valence-corrected chi connectivity index (χ1v) is 18.6. The molecule has 9 nitrogen and oxygen atoms in total. The molecular formula is C35H39Cl2F2N3O6S. The number of nitrogens with zero attached hydrogens (tertiary/aromatic N) is 1. The van der Waals surface area contributed by atoms with Crippen molar-refractivity contribution in [3.8, 4) is 5.75 Å². The second kappa shape index (κ2) is 14.4. The van der Waals surface area contributed by atoms with Crippen molar-refractivity contribution in [1.82, 2.24) is 10.0 Å². The molecule has 3 aromatic rings. The summed E-state index contributed by atoms with van der Waals surface area (Å²) in [5, 5.41) is 4.34. The van der Waals surface area contributed by atoms with E-state index < -0.39 is 64.1 Å². The molecule has 0 aliphatic carbocycles. The number of sulfonamides is 1. The van der Waals surface area contributed by atoms with Gasteiger partial charge in [0, 0.05) is 34.0 Å². The number of hydrogen-bond acceptors (Lipinski definition) is 7. The maximum Gasteiger partial charge on any atom is 0.414 e. The number of carbonyl (C=O) groups excluding carboxylic acids is 2. The molecule has 2 amide bonds. The number of fused-ring (bicyclic) bond motifs is 2. The molecule has 1 saturated heterocycles. The number of carbonyl (C=O) groups is 2. The van der Waals surface area contributed by atoms with E-state index in [0.717, 1.165) is 11.8 Å². The molecule has 1 fully saturated rings. The van der Waals surface area contributed by atoms with Gasteiger partial charge in [-0.05, 0) is 97.4 Å². The fourth-order valence-corrected chi connectivity index (χ4v) is 8.21. The van der Waals surface area contributed by atoms with E-state index in [2.05, 4.69) is 10.0 Å². The fourth-order valence-electron chi connectivity index (χ4n) is 7.34. The van der Waals surface area contributed by atoms with Gasteiger partial charge in [0.25, 0.3) is 5.91 Å². The van der Waals surface area contributed by atoms with Crippen LogP contribution < -0.4 is 19.7 Å². The van der Waals surface area contributed by atoms with Crippen LogP contribution >= 0.6 is 23.2 Å². The Balaban J connectivity index is 1.76. The molecule has 3 atom stereocenters. The number of halogens is 4. The summed E-state index contributed by atoms with van der Waals surface area (Å²) in [5.41, 5.74) is 0.640. The van der Waals surface area contributed by atoms with Crippen LogP contribution in [-0.4, -0.2) is 58.6 Å². The predicted molar refractivity (Wildman–Crippen MR) is 185 cm³/mol. The Morgan fingerprint density at radius 2 is 1.76 bits per heavy atom. The molecule has 2 heterocycles. The van der Waals surface area contributed by atoms with E-state index in [1.807, 2.05) is 13.0 Å². The number of hydrogen-bond donors (Lipinski definition) is 2. The largest absolute Gasteiger partial charge is 0.477 e. The van der Waals surface area contributed by atoms with Gasteiger partial charge in [0.15, 0.2) is 5.60 Å². The standard InChI is InChI=1S/C35H39Cl2F2N3O6S/c1-5-34(6-2,32(43)41-49(4,45)46)48-30-12-9-22(36)17-26(30)27-13-15-40-31(25-19-24(39)10-7-21(25)3)35(27)20-42(33(44)47-16-14-38)29-18-23(37)8-11-28(29)35/h7-12,17-19,27,31,40H,5-6,13-16,20H2,1-4H3,(H,41,43)/t27-,31-,35-/m0/s1. The SMILES string of the molecule is CCC(CC)(Oc1ccc(Cl)cc1[C@@H]1CCN[C@@H](c2cc(F)ccc2C)[C@@]12CN(C(=O)OCCF)c1cc(Cl)ccc12)C(=O)NS(C)(=O)=O. The highest BCUT2D eigenvalue weighted by Crippen LogP contribution is 2.60. The van der Waals surface area contributed by atoms with Crippen LogP contribution in [0.15, 0.2) is 54.6 Å². The second-order valence-electron chi connectivity index (χ2n) is 12.5. The van der Waals surface area contributed by atoms with Crippen molar-refractivity contribution in [3.05, 3.63) is 92.7 Å². The van der Waals surface area contributed by atoms with Crippen molar-refractivity contribution in [2.45, 2.75) is 63.0 Å². The first-order valence-electron chi connectivity index (χ1n) is 16.0. The minimum absolute atomic E-state index is 0.0271. The van der Waals surface area contributed by atoms with Crippen LogP contribution in [-0.2, 0) is 25.0 Å². The molecule has 3 aromatic carbocycles. The summed E-state index contributed by atoms with van der Waals surface area (Å²) < 4.78 is 66.3. The van der Waals surface area contributed by atoms with Crippen molar-refractivity contribution in [1.29, 1.82) is 0 Å². The van der Waals surface area contributed by atoms with Gasteiger partial charge in [-0.3, -0.25) is 9.69 Å². The van der Waals surface area contributed by atoms with Crippen LogP contribution in [0.25, 0.3) is 0 Å². The molecule has 0 radical (unpaired) electrons. The Kier molecular flexibility index (Phi) is 10.8. The maximum absolute atomic E-state index is 15.0. The van der Waals surface area contributed by atoms with E-state index in [1.54, 1.807) is 50.2 Å². The molecular weight excluding hydrogens is 699 g/mol. The van der Waals surface area contributed by atoms with Gasteiger partial charge in [0.1, 0.15) is 24.8 Å². The summed E-state index contributed by atoms with van der Waals surface area (Å²) in [5.74, 6) is -1.44. The number of amides is 2. The van der Waals surface area contributed by atoms with Crippen LogP contribution in [0.2, 0.25) is 10.0 Å². The molecule has 14 heteroatoms. The van der Waals surface area contributed by atoms with Crippen molar-refractivity contribution >= 4 is 50.9 Å². The maximum atomic E-state index is 15.0. The summed E-state index contributed by atoms with van der Waals surface area (Å²) in [6.45, 7) is 4.53. The first-order chi connectivity index (χ1) is 23.2. The third-order valence-electron chi connectivity index (χ3n) is 9.65. The monoisotopic (exact) mass is 737 g/mol. The molecule has 1 spiro atoms. The number of benzene rings is 3. The number of ether oxygens (including phenoxy) is 2. The lowest BCUT2D eigenvalue weighted by Crippen LogP contribution is -2.55. The zero-order valence-electron chi connectivity index (χ0n) is 27.6. The second-order valence-corrected chi connectivity index (χ2v) is 15.1. The molecule has 49 heavy (non-hydrogen) atoms. The average Bonchev–Trinajstić information content (AvgIpc) is 3.37. The topological polar surface area (TPSA) is 114 Å². The molecule has 2 aliphatic rings. The van der Waals surface area contributed by atoms with Crippen molar-refractivity contribution in [3.63, 3.8) is 0 Å². The van der Waals surface area contributed by atoms with E-state index in [9.17, 15) is 26.8 Å². The molecule has 2 N–H and O–H groups in total. The number of alkyl halides is 1. The van der Waals surface area contributed by atoms with E-state index in [4.69, 9.17) is 32.7 Å². The van der Waals surface area contributed by atoms with Crippen molar-refractivity contribution in [2.24, 2.45) is 0 Å². The molecule has 0 saturated carbocycles. The number of nitrogens with one attached hydrogen (secondary N) is 2. The summed E-state index contributed by atoms with van der Waals surface area (Å²) in [7, 11) is -3.90. The van der Waals surface area contributed by atoms with Gasteiger partial charge >= 0.3 is 6.09 Å². The number of rotatable bonds is 10. The van der Waals surface area contributed by atoms with Crippen molar-refractivity contribution < 1.29 is 36.3 Å².